The number of urea groups is 1. The van der Waals surface area contributed by atoms with E-state index in [1.54, 1.807) is 0 Å². The first kappa shape index (κ1) is 13.4. The van der Waals surface area contributed by atoms with Gasteiger partial charge in [0, 0.05) is 6.54 Å². The van der Waals surface area contributed by atoms with Crippen molar-refractivity contribution in [3.8, 4) is 0 Å². The summed E-state index contributed by atoms with van der Waals surface area (Å²) in [4.78, 5) is 24.2. The minimum atomic E-state index is -0.989. The largest absolute Gasteiger partial charge is 0.480 e. The number of hydrogen-bond donors (Lipinski definition) is 2. The maximum Gasteiger partial charge on any atom is 0.326 e. The number of amides is 2. The molecule has 0 bridgehead atoms. The lowest BCUT2D eigenvalue weighted by Crippen LogP contribution is -2.40. The van der Waals surface area contributed by atoms with Gasteiger partial charge in [0.15, 0.2) is 0 Å². The van der Waals surface area contributed by atoms with Crippen LogP contribution in [0, 0.1) is 13.8 Å². The maximum atomic E-state index is 11.8. The van der Waals surface area contributed by atoms with Crippen LogP contribution in [0.4, 0.5) is 4.79 Å². The Morgan fingerprint density at radius 2 is 2.16 bits per heavy atom. The normalized spacial score (nSPS) is 20.3. The topological polar surface area (TPSA) is 69.6 Å². The van der Waals surface area contributed by atoms with Crippen LogP contribution in [0.3, 0.4) is 0 Å². The van der Waals surface area contributed by atoms with Gasteiger partial charge in [0.2, 0.25) is 0 Å². The Bertz CT molecular complexity index is 527. The van der Waals surface area contributed by atoms with Gasteiger partial charge in [-0.05, 0) is 31.9 Å². The second-order valence-corrected chi connectivity index (χ2v) is 5.03. The Hall–Kier alpha value is -2.04. The van der Waals surface area contributed by atoms with Crippen LogP contribution in [-0.2, 0) is 4.79 Å². The predicted molar refractivity (Wildman–Crippen MR) is 71.0 cm³/mol. The molecule has 1 aromatic carbocycles. The number of benzene rings is 1. The number of carboxylic acid groups (broad SMARTS) is 1. The van der Waals surface area contributed by atoms with Gasteiger partial charge in [-0.3, -0.25) is 0 Å². The van der Waals surface area contributed by atoms with E-state index in [0.29, 0.717) is 6.54 Å². The van der Waals surface area contributed by atoms with Crippen molar-refractivity contribution < 1.29 is 14.7 Å². The zero-order valence-electron chi connectivity index (χ0n) is 11.3. The number of carbonyl (C=O) groups is 2. The van der Waals surface area contributed by atoms with Crippen molar-refractivity contribution in [1.29, 1.82) is 0 Å². The lowest BCUT2D eigenvalue weighted by Gasteiger charge is -2.19. The van der Waals surface area contributed by atoms with E-state index >= 15 is 0 Å². The van der Waals surface area contributed by atoms with Crippen molar-refractivity contribution in [1.82, 2.24) is 10.2 Å². The number of aryl methyl sites for hydroxylation is 2. The van der Waals surface area contributed by atoms with Crippen LogP contribution in [-0.4, -0.2) is 34.6 Å². The highest BCUT2D eigenvalue weighted by atomic mass is 16.4. The molecule has 1 heterocycles. The molecule has 2 amide bonds. The zero-order chi connectivity index (χ0) is 14.2. The SMILES string of the molecule is Cc1ccc(C2CN(C(C)C(=O)O)C(=O)N2)c(C)c1. The molecule has 0 spiro atoms. The van der Waals surface area contributed by atoms with Gasteiger partial charge >= 0.3 is 12.0 Å². The van der Waals surface area contributed by atoms with Gasteiger partial charge < -0.3 is 15.3 Å². The fourth-order valence-electron chi connectivity index (χ4n) is 2.42. The summed E-state index contributed by atoms with van der Waals surface area (Å²) in [6, 6.07) is 4.78. The van der Waals surface area contributed by atoms with Crippen LogP contribution in [0.5, 0.6) is 0 Å². The monoisotopic (exact) mass is 262 g/mol. The summed E-state index contributed by atoms with van der Waals surface area (Å²) in [5.74, 6) is -0.989. The Morgan fingerprint density at radius 1 is 1.47 bits per heavy atom. The minimum absolute atomic E-state index is 0.144. The van der Waals surface area contributed by atoms with Gasteiger partial charge in [0.05, 0.1) is 6.04 Å². The quantitative estimate of drug-likeness (QED) is 0.873. The first-order valence-corrected chi connectivity index (χ1v) is 6.27. The summed E-state index contributed by atoms with van der Waals surface area (Å²) in [6.07, 6.45) is 0. The molecule has 1 aliphatic rings. The predicted octanol–water partition coefficient (Wildman–Crippen LogP) is 1.84. The van der Waals surface area contributed by atoms with Crippen LogP contribution in [0.25, 0.3) is 0 Å². The summed E-state index contributed by atoms with van der Waals surface area (Å²) >= 11 is 0. The molecule has 19 heavy (non-hydrogen) atoms. The van der Waals surface area contributed by atoms with E-state index in [4.69, 9.17) is 5.11 Å². The smallest absolute Gasteiger partial charge is 0.326 e. The lowest BCUT2D eigenvalue weighted by molar-refractivity contribution is -0.141. The highest BCUT2D eigenvalue weighted by molar-refractivity contribution is 5.84. The van der Waals surface area contributed by atoms with Gasteiger partial charge in [-0.15, -0.1) is 0 Å². The molecule has 1 aliphatic heterocycles. The number of rotatable bonds is 3. The molecule has 0 radical (unpaired) electrons. The molecule has 102 valence electrons. The van der Waals surface area contributed by atoms with E-state index in [0.717, 1.165) is 11.1 Å². The molecular formula is C14H18N2O3. The number of nitrogens with zero attached hydrogens (tertiary/aromatic N) is 1. The van der Waals surface area contributed by atoms with Gasteiger partial charge in [-0.2, -0.15) is 0 Å². The number of carboxylic acids is 1. The van der Waals surface area contributed by atoms with E-state index in [1.807, 2.05) is 26.0 Å². The molecule has 1 saturated heterocycles. The van der Waals surface area contributed by atoms with Crippen LogP contribution in [0.15, 0.2) is 18.2 Å². The Labute approximate surface area is 112 Å². The van der Waals surface area contributed by atoms with Gasteiger partial charge in [-0.1, -0.05) is 23.8 Å². The molecule has 5 nitrogen and oxygen atoms in total. The van der Waals surface area contributed by atoms with Crippen LogP contribution >= 0.6 is 0 Å². The van der Waals surface area contributed by atoms with Gasteiger partial charge in [0.25, 0.3) is 0 Å². The summed E-state index contributed by atoms with van der Waals surface area (Å²) < 4.78 is 0. The minimum Gasteiger partial charge on any atom is -0.480 e. The zero-order valence-corrected chi connectivity index (χ0v) is 11.3. The maximum absolute atomic E-state index is 11.8. The van der Waals surface area contributed by atoms with E-state index in [2.05, 4.69) is 11.4 Å². The van der Waals surface area contributed by atoms with E-state index < -0.39 is 12.0 Å². The van der Waals surface area contributed by atoms with Crippen LogP contribution in [0.1, 0.15) is 29.7 Å². The van der Waals surface area contributed by atoms with Crippen molar-refractivity contribution in [3.63, 3.8) is 0 Å². The summed E-state index contributed by atoms with van der Waals surface area (Å²) in [7, 11) is 0. The third-order valence-electron chi connectivity index (χ3n) is 3.56. The number of hydrogen-bond acceptors (Lipinski definition) is 2. The van der Waals surface area contributed by atoms with Crippen molar-refractivity contribution in [3.05, 3.63) is 34.9 Å². The average molecular weight is 262 g/mol. The highest BCUT2D eigenvalue weighted by Gasteiger charge is 2.35. The molecule has 2 rings (SSSR count). The molecule has 1 aromatic rings. The van der Waals surface area contributed by atoms with E-state index in [-0.39, 0.29) is 12.1 Å². The lowest BCUT2D eigenvalue weighted by atomic mass is 9.99. The fraction of sp³-hybridized carbons (Fsp3) is 0.429. The molecular weight excluding hydrogens is 244 g/mol. The fourth-order valence-corrected chi connectivity index (χ4v) is 2.42. The molecule has 0 aromatic heterocycles. The first-order chi connectivity index (χ1) is 8.90. The molecule has 0 saturated carbocycles. The standard InChI is InChI=1S/C14H18N2O3/c1-8-4-5-11(9(2)6-8)12-7-16(14(19)15-12)10(3)13(17)18/h4-6,10,12H,7H2,1-3H3,(H,15,19)(H,17,18). The van der Waals surface area contributed by atoms with Crippen molar-refractivity contribution >= 4 is 12.0 Å². The molecule has 2 unspecified atom stereocenters. The second-order valence-electron chi connectivity index (χ2n) is 5.03. The van der Waals surface area contributed by atoms with Crippen molar-refractivity contribution in [2.75, 3.05) is 6.54 Å². The Balaban J connectivity index is 2.21. The third-order valence-corrected chi connectivity index (χ3v) is 3.56. The number of carbonyl (C=O) groups excluding carboxylic acids is 1. The second kappa shape index (κ2) is 4.91. The highest BCUT2D eigenvalue weighted by Crippen LogP contribution is 2.25. The average Bonchev–Trinajstić information content (AvgIpc) is 2.69. The number of nitrogens with one attached hydrogen (secondary N) is 1. The molecule has 5 heteroatoms. The number of aliphatic carboxylic acids is 1. The summed E-state index contributed by atoms with van der Waals surface area (Å²) in [6.45, 7) is 5.92. The van der Waals surface area contributed by atoms with Crippen molar-refractivity contribution in [2.24, 2.45) is 0 Å². The van der Waals surface area contributed by atoms with Crippen LogP contribution < -0.4 is 5.32 Å². The van der Waals surface area contributed by atoms with E-state index in [1.165, 1.54) is 17.4 Å². The molecule has 2 N–H and O–H groups in total. The Morgan fingerprint density at radius 3 is 2.74 bits per heavy atom. The Kier molecular flexibility index (Phi) is 3.46. The van der Waals surface area contributed by atoms with Gasteiger partial charge in [0.1, 0.15) is 6.04 Å². The molecule has 0 aliphatic carbocycles. The molecule has 1 fully saturated rings. The van der Waals surface area contributed by atoms with Gasteiger partial charge in [-0.25, -0.2) is 9.59 Å². The third kappa shape index (κ3) is 2.54. The summed E-state index contributed by atoms with van der Waals surface area (Å²) in [5.41, 5.74) is 3.32. The first-order valence-electron chi connectivity index (χ1n) is 6.27. The molecule has 2 atom stereocenters. The van der Waals surface area contributed by atoms with E-state index in [9.17, 15) is 9.59 Å². The summed E-state index contributed by atoms with van der Waals surface area (Å²) in [5, 5.41) is 11.8. The van der Waals surface area contributed by atoms with Crippen LogP contribution in [0.2, 0.25) is 0 Å². The van der Waals surface area contributed by atoms with Crippen molar-refractivity contribution in [2.45, 2.75) is 32.9 Å².